The summed E-state index contributed by atoms with van der Waals surface area (Å²) < 4.78 is 0. The number of allylic oxidation sites excluding steroid dienone is 1. The monoisotopic (exact) mass is 140 g/mol. The maximum atomic E-state index is 10.9. The van der Waals surface area contributed by atoms with Crippen LogP contribution < -0.4 is 5.32 Å². The standard InChI is InChI=1S/C7H12N2O/c1-3-7(10)6(4-8)5-9-2/h4-5,8-9H,3H2,1-2H3/b6-5+,8-4?. The lowest BCUT2D eigenvalue weighted by molar-refractivity contribution is -0.114. The first-order valence-electron chi connectivity index (χ1n) is 3.17. The van der Waals surface area contributed by atoms with Crippen LogP contribution in [0.2, 0.25) is 0 Å². The van der Waals surface area contributed by atoms with Gasteiger partial charge in [-0.15, -0.1) is 0 Å². The van der Waals surface area contributed by atoms with E-state index >= 15 is 0 Å². The van der Waals surface area contributed by atoms with E-state index in [-0.39, 0.29) is 5.78 Å². The van der Waals surface area contributed by atoms with Gasteiger partial charge in [-0.3, -0.25) is 4.79 Å². The highest BCUT2D eigenvalue weighted by Gasteiger charge is 2.01. The average Bonchev–Trinajstić information content (AvgIpc) is 1.99. The molecule has 0 atom stereocenters. The van der Waals surface area contributed by atoms with Crippen molar-refractivity contribution < 1.29 is 4.79 Å². The number of nitrogens with one attached hydrogen (secondary N) is 2. The van der Waals surface area contributed by atoms with Crippen molar-refractivity contribution in [3.8, 4) is 0 Å². The van der Waals surface area contributed by atoms with Gasteiger partial charge >= 0.3 is 0 Å². The molecule has 0 unspecified atom stereocenters. The van der Waals surface area contributed by atoms with Crippen LogP contribution in [0.1, 0.15) is 13.3 Å². The van der Waals surface area contributed by atoms with E-state index in [9.17, 15) is 4.79 Å². The fourth-order valence-corrected chi connectivity index (χ4v) is 0.562. The molecule has 0 fully saturated rings. The molecule has 0 aromatic carbocycles. The SMILES string of the molecule is CCC(=O)/C(C=N)=C/NC. The maximum Gasteiger partial charge on any atom is 0.165 e. The molecule has 0 aromatic rings. The van der Waals surface area contributed by atoms with Gasteiger partial charge in [0.05, 0.1) is 5.57 Å². The quantitative estimate of drug-likeness (QED) is 0.446. The minimum atomic E-state index is -0.00986. The Hall–Kier alpha value is -1.12. The average molecular weight is 140 g/mol. The smallest absolute Gasteiger partial charge is 0.165 e. The van der Waals surface area contributed by atoms with Gasteiger partial charge in [-0.2, -0.15) is 0 Å². The third kappa shape index (κ3) is 2.44. The van der Waals surface area contributed by atoms with E-state index in [0.717, 1.165) is 6.21 Å². The summed E-state index contributed by atoms with van der Waals surface area (Å²) in [6, 6.07) is 0. The van der Waals surface area contributed by atoms with Crippen LogP contribution in [0.3, 0.4) is 0 Å². The summed E-state index contributed by atoms with van der Waals surface area (Å²) in [5.41, 5.74) is 0.421. The van der Waals surface area contributed by atoms with E-state index in [2.05, 4.69) is 5.32 Å². The summed E-state index contributed by atoms with van der Waals surface area (Å²) in [5, 5.41) is 9.54. The molecule has 0 rings (SSSR count). The molecule has 0 radical (unpaired) electrons. The van der Waals surface area contributed by atoms with Gasteiger partial charge in [0.25, 0.3) is 0 Å². The van der Waals surface area contributed by atoms with Crippen molar-refractivity contribution in [1.29, 1.82) is 5.41 Å². The van der Waals surface area contributed by atoms with Crippen molar-refractivity contribution in [1.82, 2.24) is 5.32 Å². The Labute approximate surface area is 60.6 Å². The van der Waals surface area contributed by atoms with Gasteiger partial charge < -0.3 is 10.7 Å². The molecule has 3 nitrogen and oxygen atoms in total. The lowest BCUT2D eigenvalue weighted by Crippen LogP contribution is -2.06. The predicted octanol–water partition coefficient (Wildman–Crippen LogP) is 0.718. The van der Waals surface area contributed by atoms with Gasteiger partial charge in [0, 0.05) is 25.9 Å². The van der Waals surface area contributed by atoms with Gasteiger partial charge in [0.1, 0.15) is 0 Å². The zero-order valence-electron chi connectivity index (χ0n) is 6.27. The van der Waals surface area contributed by atoms with Crippen molar-refractivity contribution in [2.75, 3.05) is 7.05 Å². The molecule has 0 aliphatic heterocycles. The van der Waals surface area contributed by atoms with E-state index < -0.39 is 0 Å². The number of ketones is 1. The van der Waals surface area contributed by atoms with E-state index in [0.29, 0.717) is 12.0 Å². The molecular weight excluding hydrogens is 128 g/mol. The third-order valence-electron chi connectivity index (χ3n) is 1.10. The van der Waals surface area contributed by atoms with Crippen LogP contribution in [-0.2, 0) is 4.79 Å². The van der Waals surface area contributed by atoms with Gasteiger partial charge in [0.15, 0.2) is 5.78 Å². The number of hydrogen-bond acceptors (Lipinski definition) is 3. The summed E-state index contributed by atoms with van der Waals surface area (Å²) in [4.78, 5) is 10.9. The zero-order chi connectivity index (χ0) is 7.98. The Morgan fingerprint density at radius 1 is 1.70 bits per heavy atom. The number of hydrogen-bond donors (Lipinski definition) is 2. The molecule has 2 N–H and O–H groups in total. The Morgan fingerprint density at radius 3 is 2.60 bits per heavy atom. The van der Waals surface area contributed by atoms with Crippen LogP contribution in [0.4, 0.5) is 0 Å². The first-order valence-corrected chi connectivity index (χ1v) is 3.17. The molecule has 10 heavy (non-hydrogen) atoms. The van der Waals surface area contributed by atoms with Crippen LogP contribution in [0.15, 0.2) is 11.8 Å². The Kier molecular flexibility index (Phi) is 4.20. The Morgan fingerprint density at radius 2 is 2.30 bits per heavy atom. The zero-order valence-corrected chi connectivity index (χ0v) is 6.27. The van der Waals surface area contributed by atoms with Gasteiger partial charge in [-0.1, -0.05) is 6.92 Å². The van der Waals surface area contributed by atoms with Crippen molar-refractivity contribution >= 4 is 12.0 Å². The van der Waals surface area contributed by atoms with Crippen LogP contribution in [0.25, 0.3) is 0 Å². The minimum Gasteiger partial charge on any atom is -0.393 e. The number of carbonyl (C=O) groups excluding carboxylic acids is 1. The fraction of sp³-hybridized carbons (Fsp3) is 0.429. The van der Waals surface area contributed by atoms with Crippen LogP contribution in [0.5, 0.6) is 0 Å². The second kappa shape index (κ2) is 4.73. The minimum absolute atomic E-state index is 0.00986. The summed E-state index contributed by atoms with van der Waals surface area (Å²) in [7, 11) is 1.70. The highest BCUT2D eigenvalue weighted by atomic mass is 16.1. The molecule has 0 spiro atoms. The van der Waals surface area contributed by atoms with Crippen molar-refractivity contribution in [3.05, 3.63) is 11.8 Å². The van der Waals surface area contributed by atoms with Gasteiger partial charge in [-0.05, 0) is 0 Å². The molecular formula is C7H12N2O. The lowest BCUT2D eigenvalue weighted by atomic mass is 10.1. The van der Waals surface area contributed by atoms with Crippen LogP contribution in [-0.4, -0.2) is 19.0 Å². The van der Waals surface area contributed by atoms with Crippen LogP contribution in [0, 0.1) is 5.41 Å². The second-order valence-corrected chi connectivity index (χ2v) is 1.81. The van der Waals surface area contributed by atoms with Crippen molar-refractivity contribution in [3.63, 3.8) is 0 Å². The second-order valence-electron chi connectivity index (χ2n) is 1.81. The predicted molar refractivity (Wildman–Crippen MR) is 41.2 cm³/mol. The summed E-state index contributed by atoms with van der Waals surface area (Å²) in [6.07, 6.45) is 3.03. The highest BCUT2D eigenvalue weighted by Crippen LogP contribution is 1.93. The lowest BCUT2D eigenvalue weighted by Gasteiger charge is -1.95. The Bertz CT molecular complexity index is 161. The summed E-state index contributed by atoms with van der Waals surface area (Å²) in [5.74, 6) is -0.00986. The first-order chi connectivity index (χ1) is 4.76. The topological polar surface area (TPSA) is 53.0 Å². The first kappa shape index (κ1) is 8.88. The molecule has 0 amide bonds. The molecule has 0 aromatic heterocycles. The van der Waals surface area contributed by atoms with Gasteiger partial charge in [-0.25, -0.2) is 0 Å². The molecule has 56 valence electrons. The Balaban J connectivity index is 4.20. The maximum absolute atomic E-state index is 10.9. The number of Topliss-reactive ketones (excluding diaryl/α,β-unsaturated/α-hetero) is 1. The molecule has 3 heteroatoms. The van der Waals surface area contributed by atoms with Crippen molar-refractivity contribution in [2.45, 2.75) is 13.3 Å². The van der Waals surface area contributed by atoms with Crippen molar-refractivity contribution in [2.24, 2.45) is 0 Å². The number of carbonyl (C=O) groups is 1. The molecule has 0 bridgehead atoms. The third-order valence-corrected chi connectivity index (χ3v) is 1.10. The highest BCUT2D eigenvalue weighted by molar-refractivity contribution is 6.12. The molecule has 0 saturated carbocycles. The van der Waals surface area contributed by atoms with E-state index in [4.69, 9.17) is 5.41 Å². The molecule has 0 heterocycles. The van der Waals surface area contributed by atoms with E-state index in [1.807, 2.05) is 0 Å². The molecule has 0 saturated heterocycles. The largest absolute Gasteiger partial charge is 0.393 e. The van der Waals surface area contributed by atoms with E-state index in [1.165, 1.54) is 6.20 Å². The molecule has 0 aliphatic rings. The number of rotatable bonds is 4. The van der Waals surface area contributed by atoms with Gasteiger partial charge in [0.2, 0.25) is 0 Å². The summed E-state index contributed by atoms with van der Waals surface area (Å²) >= 11 is 0. The fourth-order valence-electron chi connectivity index (χ4n) is 0.562. The van der Waals surface area contributed by atoms with E-state index in [1.54, 1.807) is 14.0 Å². The van der Waals surface area contributed by atoms with Crippen LogP contribution >= 0.6 is 0 Å². The molecule has 0 aliphatic carbocycles. The summed E-state index contributed by atoms with van der Waals surface area (Å²) in [6.45, 7) is 1.77. The normalized spacial score (nSPS) is 10.8.